The maximum atomic E-state index is 14.0. The highest BCUT2D eigenvalue weighted by atomic mass is 16.5. The molecule has 0 unspecified atom stereocenters. The number of amides is 3. The molecule has 1 heterocycles. The molecule has 3 amide bonds. The van der Waals surface area contributed by atoms with Crippen molar-refractivity contribution < 1.29 is 44.3 Å². The molecule has 1 aliphatic rings. The number of carbonyl (C=O) groups excluding carboxylic acids is 3. The Morgan fingerprint density at radius 1 is 0.667 bits per heavy atom. The molecule has 0 bridgehead atoms. The van der Waals surface area contributed by atoms with Crippen LogP contribution < -0.4 is 10.6 Å². The first-order valence-electron chi connectivity index (χ1n) is 21.7. The second-order valence-corrected chi connectivity index (χ2v) is 16.0. The second-order valence-electron chi connectivity index (χ2n) is 16.0. The first kappa shape index (κ1) is 49.7. The molecule has 316 valence electrons. The third kappa shape index (κ3) is 21.7. The molecule has 0 aliphatic carbocycles. The van der Waals surface area contributed by atoms with E-state index in [1.54, 1.807) is 4.90 Å². The maximum Gasteiger partial charge on any atom is 0.303 e. The van der Waals surface area contributed by atoms with Crippen LogP contribution in [0.5, 0.6) is 0 Å². The van der Waals surface area contributed by atoms with Gasteiger partial charge >= 0.3 is 5.97 Å². The van der Waals surface area contributed by atoms with Crippen molar-refractivity contribution in [1.29, 1.82) is 0 Å². The molecule has 0 aromatic heterocycles. The van der Waals surface area contributed by atoms with E-state index < -0.39 is 61.0 Å². The second kappa shape index (κ2) is 30.9. The third-order valence-electron chi connectivity index (χ3n) is 10.5. The Labute approximate surface area is 326 Å². The van der Waals surface area contributed by atoms with Gasteiger partial charge in [-0.05, 0) is 25.2 Å². The zero-order valence-corrected chi connectivity index (χ0v) is 34.4. The summed E-state index contributed by atoms with van der Waals surface area (Å²) in [6, 6.07) is -2.29. The summed E-state index contributed by atoms with van der Waals surface area (Å²) in [7, 11) is 0. The van der Waals surface area contributed by atoms with Crippen molar-refractivity contribution in [3.63, 3.8) is 0 Å². The molecule has 0 aromatic carbocycles. The minimum Gasteiger partial charge on any atom is -0.481 e. The predicted molar refractivity (Wildman–Crippen MR) is 213 cm³/mol. The number of aliphatic carboxylic acids is 1. The molecule has 6 N–H and O–H groups in total. The van der Waals surface area contributed by atoms with Gasteiger partial charge in [-0.15, -0.1) is 0 Å². The number of nitrogens with zero attached hydrogens (tertiary/aromatic N) is 1. The summed E-state index contributed by atoms with van der Waals surface area (Å²) in [6.45, 7) is 7.92. The number of nitrogens with one attached hydrogen (secondary N) is 2. The quantitative estimate of drug-likeness (QED) is 0.0393. The van der Waals surface area contributed by atoms with Crippen LogP contribution in [0.2, 0.25) is 0 Å². The van der Waals surface area contributed by atoms with Gasteiger partial charge in [-0.3, -0.25) is 19.2 Å². The third-order valence-corrected chi connectivity index (χ3v) is 10.5. The van der Waals surface area contributed by atoms with Gasteiger partial charge in [0.15, 0.2) is 6.23 Å². The normalized spacial score (nSPS) is 20.5. The number of hydrogen-bond donors (Lipinski definition) is 6. The van der Waals surface area contributed by atoms with Crippen molar-refractivity contribution in [2.75, 3.05) is 13.2 Å². The summed E-state index contributed by atoms with van der Waals surface area (Å²) in [5.41, 5.74) is 0. The number of unbranched alkanes of at least 4 members (excludes halogenated alkanes) is 19. The molecule has 0 spiro atoms. The molecule has 54 heavy (non-hydrogen) atoms. The summed E-state index contributed by atoms with van der Waals surface area (Å²) in [6.07, 6.45) is 18.2. The molecule has 1 rings (SSSR count). The van der Waals surface area contributed by atoms with Crippen LogP contribution in [0.25, 0.3) is 0 Å². The first-order chi connectivity index (χ1) is 26.0. The maximum absolute atomic E-state index is 14.0. The van der Waals surface area contributed by atoms with Crippen LogP contribution in [0.4, 0.5) is 0 Å². The van der Waals surface area contributed by atoms with Gasteiger partial charge in [0.2, 0.25) is 17.7 Å². The number of aliphatic hydroxyl groups is 3. The van der Waals surface area contributed by atoms with Crippen LogP contribution in [-0.4, -0.2) is 98.8 Å². The molecule has 1 fully saturated rings. The molecular weight excluding hydrogens is 690 g/mol. The van der Waals surface area contributed by atoms with Crippen LogP contribution >= 0.6 is 0 Å². The van der Waals surface area contributed by atoms with E-state index in [2.05, 4.69) is 24.5 Å². The van der Waals surface area contributed by atoms with Crippen LogP contribution in [0.3, 0.4) is 0 Å². The molecule has 0 aromatic rings. The standard InChI is InChI=1S/C42H79N3O9/c1-5-7-9-11-13-15-17-18-20-22-24-26-36(48)45(29-25-23-21-19-16-14-12-10-8-6-2)42-38(40(52)39(51)34(31-46)54-42)44-41(53)33(30-32(3)4)43-35(47)27-28-37(49)50/h32-34,38-40,42,46,51-52H,5-31H2,1-4H3,(H,43,47)(H,44,53)(H,49,50)/t33-,34+,38-,39+,40+,42+/m0/s1. The van der Waals surface area contributed by atoms with E-state index in [1.165, 1.54) is 83.5 Å². The molecule has 12 nitrogen and oxygen atoms in total. The fourth-order valence-corrected chi connectivity index (χ4v) is 7.22. The van der Waals surface area contributed by atoms with E-state index in [0.717, 1.165) is 38.5 Å². The Kier molecular flexibility index (Phi) is 28.4. The van der Waals surface area contributed by atoms with E-state index in [4.69, 9.17) is 9.84 Å². The van der Waals surface area contributed by atoms with Gasteiger partial charge in [-0.1, -0.05) is 150 Å². The SMILES string of the molecule is CCCCCCCCCCCCCC(=O)N(CCCCCCCCCCCC)[C@@H]1O[C@H](CO)[C@@H](O)[C@H](O)[C@@H]1NC(=O)[C@H](CC(C)C)NC(=O)CCC(=O)O. The van der Waals surface area contributed by atoms with Crippen molar-refractivity contribution >= 4 is 23.7 Å². The van der Waals surface area contributed by atoms with Gasteiger partial charge in [-0.2, -0.15) is 0 Å². The Balaban J connectivity index is 3.06. The lowest BCUT2D eigenvalue weighted by Crippen LogP contribution is -2.70. The largest absolute Gasteiger partial charge is 0.481 e. The number of carboxylic acids is 1. The van der Waals surface area contributed by atoms with Gasteiger partial charge < -0.3 is 40.7 Å². The Bertz CT molecular complexity index is 1010. The van der Waals surface area contributed by atoms with E-state index >= 15 is 0 Å². The van der Waals surface area contributed by atoms with E-state index in [9.17, 15) is 34.5 Å². The van der Waals surface area contributed by atoms with E-state index in [0.29, 0.717) is 19.4 Å². The van der Waals surface area contributed by atoms with Crippen LogP contribution in [-0.2, 0) is 23.9 Å². The zero-order chi connectivity index (χ0) is 40.1. The van der Waals surface area contributed by atoms with Crippen molar-refractivity contribution in [3.05, 3.63) is 0 Å². The minimum atomic E-state index is -1.57. The topological polar surface area (TPSA) is 186 Å². The number of carboxylic acid groups (broad SMARTS) is 1. The molecule has 12 heteroatoms. The Morgan fingerprint density at radius 2 is 1.15 bits per heavy atom. The summed E-state index contributed by atoms with van der Waals surface area (Å²) in [5, 5.41) is 46.7. The van der Waals surface area contributed by atoms with Gasteiger partial charge in [0.1, 0.15) is 30.4 Å². The lowest BCUT2D eigenvalue weighted by Gasteiger charge is -2.47. The van der Waals surface area contributed by atoms with E-state index in [1.807, 2.05) is 13.8 Å². The lowest BCUT2D eigenvalue weighted by molar-refractivity contribution is -0.231. The summed E-state index contributed by atoms with van der Waals surface area (Å²) in [4.78, 5) is 52.9. The number of rotatable bonds is 33. The highest BCUT2D eigenvalue weighted by molar-refractivity contribution is 5.89. The molecule has 1 saturated heterocycles. The number of carbonyl (C=O) groups is 4. The molecule has 0 saturated carbocycles. The van der Waals surface area contributed by atoms with Crippen LogP contribution in [0.1, 0.15) is 188 Å². The Morgan fingerprint density at radius 3 is 1.61 bits per heavy atom. The monoisotopic (exact) mass is 770 g/mol. The van der Waals surface area contributed by atoms with Gasteiger partial charge in [-0.25, -0.2) is 0 Å². The molecular formula is C42H79N3O9. The molecule has 1 aliphatic heterocycles. The van der Waals surface area contributed by atoms with Gasteiger partial charge in [0, 0.05) is 19.4 Å². The van der Waals surface area contributed by atoms with Crippen molar-refractivity contribution in [3.8, 4) is 0 Å². The highest BCUT2D eigenvalue weighted by Gasteiger charge is 2.48. The van der Waals surface area contributed by atoms with Crippen molar-refractivity contribution in [2.45, 2.75) is 225 Å². The number of aliphatic hydroxyl groups excluding tert-OH is 3. The fraction of sp³-hybridized carbons (Fsp3) is 0.905. The molecule has 0 radical (unpaired) electrons. The number of ether oxygens (including phenoxy) is 1. The van der Waals surface area contributed by atoms with Crippen molar-refractivity contribution in [1.82, 2.24) is 15.5 Å². The fourth-order valence-electron chi connectivity index (χ4n) is 7.22. The van der Waals surface area contributed by atoms with Crippen molar-refractivity contribution in [2.24, 2.45) is 5.92 Å². The minimum absolute atomic E-state index is 0.0200. The smallest absolute Gasteiger partial charge is 0.303 e. The average molecular weight is 770 g/mol. The lowest BCUT2D eigenvalue weighted by atomic mass is 9.94. The highest BCUT2D eigenvalue weighted by Crippen LogP contribution is 2.26. The summed E-state index contributed by atoms with van der Waals surface area (Å²) >= 11 is 0. The van der Waals surface area contributed by atoms with Crippen LogP contribution in [0.15, 0.2) is 0 Å². The van der Waals surface area contributed by atoms with Gasteiger partial charge in [0.05, 0.1) is 13.0 Å². The number of hydrogen-bond acceptors (Lipinski definition) is 8. The first-order valence-corrected chi connectivity index (χ1v) is 21.7. The predicted octanol–water partition coefficient (Wildman–Crippen LogP) is 6.76. The average Bonchev–Trinajstić information content (AvgIpc) is 3.13. The summed E-state index contributed by atoms with van der Waals surface area (Å²) in [5.74, 6) is -2.56. The van der Waals surface area contributed by atoms with Crippen LogP contribution in [0, 0.1) is 5.92 Å². The van der Waals surface area contributed by atoms with Gasteiger partial charge in [0.25, 0.3) is 0 Å². The Hall–Kier alpha value is -2.28. The zero-order valence-electron chi connectivity index (χ0n) is 34.4. The summed E-state index contributed by atoms with van der Waals surface area (Å²) < 4.78 is 6.15. The van der Waals surface area contributed by atoms with E-state index in [-0.39, 0.29) is 37.5 Å². The molecule has 6 atom stereocenters.